The Morgan fingerprint density at radius 2 is 2.17 bits per heavy atom. The van der Waals surface area contributed by atoms with Crippen molar-refractivity contribution in [3.63, 3.8) is 0 Å². The molecule has 0 aliphatic rings. The van der Waals surface area contributed by atoms with Gasteiger partial charge in [0.1, 0.15) is 6.04 Å². The van der Waals surface area contributed by atoms with E-state index in [9.17, 15) is 4.79 Å². The number of nitrogens with one attached hydrogen (secondary N) is 1. The van der Waals surface area contributed by atoms with Crippen molar-refractivity contribution in [1.29, 1.82) is 0 Å². The number of aliphatic carboxylic acids is 1. The Morgan fingerprint density at radius 3 is 2.50 bits per heavy atom. The van der Waals surface area contributed by atoms with Crippen molar-refractivity contribution >= 4 is 5.97 Å². The van der Waals surface area contributed by atoms with E-state index >= 15 is 0 Å². The molecule has 1 atom stereocenters. The summed E-state index contributed by atoms with van der Waals surface area (Å²) in [6.45, 7) is 5.66. The number of nitrogens with two attached hydrogens (primary N) is 1. The maximum atomic E-state index is 10.2. The summed E-state index contributed by atoms with van der Waals surface area (Å²) in [6.07, 6.45) is 0. The van der Waals surface area contributed by atoms with Gasteiger partial charge in [-0.2, -0.15) is 5.48 Å². The molecule has 0 aromatic rings. The van der Waals surface area contributed by atoms with Gasteiger partial charge >= 0.3 is 5.97 Å². The van der Waals surface area contributed by atoms with Crippen LogP contribution in [0.15, 0.2) is 0 Å². The Bertz CT molecular complexity index is 153. The van der Waals surface area contributed by atoms with Gasteiger partial charge in [0.15, 0.2) is 0 Å². The number of carbonyl (C=O) groups is 1. The zero-order chi connectivity index (χ0) is 9.78. The van der Waals surface area contributed by atoms with Gasteiger partial charge in [0.2, 0.25) is 0 Å². The first kappa shape index (κ1) is 11.4. The first-order valence-corrected chi connectivity index (χ1v) is 3.72. The highest BCUT2D eigenvalue weighted by molar-refractivity contribution is 5.73. The molecule has 0 saturated carbocycles. The summed E-state index contributed by atoms with van der Waals surface area (Å²) in [5.41, 5.74) is 7.37. The molecule has 0 aliphatic carbocycles. The van der Waals surface area contributed by atoms with Crippen molar-refractivity contribution in [2.45, 2.75) is 32.4 Å². The van der Waals surface area contributed by atoms with E-state index in [0.717, 1.165) is 0 Å². The van der Waals surface area contributed by atoms with Gasteiger partial charge in [0.05, 0.1) is 5.60 Å². The number of carboxylic acids is 1. The van der Waals surface area contributed by atoms with Crippen LogP contribution in [0.1, 0.15) is 20.8 Å². The first-order chi connectivity index (χ1) is 5.33. The van der Waals surface area contributed by atoms with Crippen LogP contribution in [0, 0.1) is 0 Å². The van der Waals surface area contributed by atoms with Crippen molar-refractivity contribution in [3.05, 3.63) is 0 Å². The number of carboxylic acid groups (broad SMARTS) is 1. The van der Waals surface area contributed by atoms with Gasteiger partial charge in [0.25, 0.3) is 0 Å². The molecule has 0 bridgehead atoms. The summed E-state index contributed by atoms with van der Waals surface area (Å²) in [7, 11) is 0. The Balaban J connectivity index is 3.51. The molecule has 1 unspecified atom stereocenters. The third-order valence-electron chi connectivity index (χ3n) is 0.999. The highest BCUT2D eigenvalue weighted by atomic mass is 16.7. The van der Waals surface area contributed by atoms with E-state index in [1.54, 1.807) is 0 Å². The minimum absolute atomic E-state index is 0.104. The maximum Gasteiger partial charge on any atom is 0.321 e. The van der Waals surface area contributed by atoms with E-state index in [-0.39, 0.29) is 12.1 Å². The van der Waals surface area contributed by atoms with E-state index in [0.29, 0.717) is 0 Å². The Hall–Kier alpha value is -0.650. The van der Waals surface area contributed by atoms with Crippen molar-refractivity contribution in [1.82, 2.24) is 5.48 Å². The molecule has 12 heavy (non-hydrogen) atoms. The van der Waals surface area contributed by atoms with Crippen LogP contribution in [-0.4, -0.2) is 29.3 Å². The predicted molar refractivity (Wildman–Crippen MR) is 44.5 cm³/mol. The Labute approximate surface area is 71.8 Å². The minimum atomic E-state index is -1.04. The van der Waals surface area contributed by atoms with Crippen LogP contribution in [0.25, 0.3) is 0 Å². The molecule has 0 aromatic carbocycles. The van der Waals surface area contributed by atoms with E-state index in [1.807, 2.05) is 20.8 Å². The lowest BCUT2D eigenvalue weighted by atomic mass is 10.2. The smallest absolute Gasteiger partial charge is 0.321 e. The second-order valence-electron chi connectivity index (χ2n) is 3.51. The van der Waals surface area contributed by atoms with Crippen LogP contribution in [0.5, 0.6) is 0 Å². The molecule has 5 nitrogen and oxygen atoms in total. The van der Waals surface area contributed by atoms with Crippen molar-refractivity contribution in [3.8, 4) is 0 Å². The number of rotatable bonds is 4. The Morgan fingerprint density at radius 1 is 1.67 bits per heavy atom. The van der Waals surface area contributed by atoms with Crippen molar-refractivity contribution in [2.24, 2.45) is 5.73 Å². The van der Waals surface area contributed by atoms with Crippen LogP contribution in [0.2, 0.25) is 0 Å². The average molecular weight is 176 g/mol. The molecule has 0 heterocycles. The second-order valence-corrected chi connectivity index (χ2v) is 3.51. The predicted octanol–water partition coefficient (Wildman–Crippen LogP) is -0.282. The SMILES string of the molecule is CC(C)(C)ONCC(N)C(=O)O. The van der Waals surface area contributed by atoms with Gasteiger partial charge in [-0.1, -0.05) is 0 Å². The monoisotopic (exact) mass is 176 g/mol. The molecule has 0 aliphatic heterocycles. The molecule has 4 N–H and O–H groups in total. The Kier molecular flexibility index (Phi) is 4.16. The lowest BCUT2D eigenvalue weighted by molar-refractivity contribution is -0.140. The lowest BCUT2D eigenvalue weighted by Crippen LogP contribution is -2.42. The summed E-state index contributed by atoms with van der Waals surface area (Å²) in [5.74, 6) is -1.04. The van der Waals surface area contributed by atoms with Gasteiger partial charge < -0.3 is 10.8 Å². The largest absolute Gasteiger partial charge is 0.480 e. The summed E-state index contributed by atoms with van der Waals surface area (Å²) in [6, 6.07) is -0.924. The van der Waals surface area contributed by atoms with E-state index in [4.69, 9.17) is 15.7 Å². The van der Waals surface area contributed by atoms with Gasteiger partial charge in [-0.25, -0.2) is 0 Å². The summed E-state index contributed by atoms with van der Waals surface area (Å²) in [5, 5.41) is 8.39. The summed E-state index contributed by atoms with van der Waals surface area (Å²) < 4.78 is 0. The third-order valence-corrected chi connectivity index (χ3v) is 0.999. The van der Waals surface area contributed by atoms with E-state index < -0.39 is 12.0 Å². The third kappa shape index (κ3) is 6.09. The van der Waals surface area contributed by atoms with Crippen LogP contribution < -0.4 is 11.2 Å². The topological polar surface area (TPSA) is 84.6 Å². The van der Waals surface area contributed by atoms with Gasteiger partial charge in [-0.15, -0.1) is 0 Å². The quantitative estimate of drug-likeness (QED) is 0.513. The van der Waals surface area contributed by atoms with Crippen LogP contribution in [0.4, 0.5) is 0 Å². The fraction of sp³-hybridized carbons (Fsp3) is 0.857. The highest BCUT2D eigenvalue weighted by Crippen LogP contribution is 2.02. The van der Waals surface area contributed by atoms with Crippen LogP contribution >= 0.6 is 0 Å². The standard InChI is InChI=1S/C7H16N2O3/c1-7(2,3)12-9-4-5(8)6(10)11/h5,9H,4,8H2,1-3H3,(H,10,11). The molecule has 0 rings (SSSR count). The normalized spacial score (nSPS) is 14.3. The first-order valence-electron chi connectivity index (χ1n) is 3.72. The molecule has 72 valence electrons. The fourth-order valence-electron chi connectivity index (χ4n) is 0.435. The van der Waals surface area contributed by atoms with Crippen molar-refractivity contribution < 1.29 is 14.7 Å². The second kappa shape index (κ2) is 4.39. The molecular weight excluding hydrogens is 160 g/mol. The van der Waals surface area contributed by atoms with Crippen LogP contribution in [0.3, 0.4) is 0 Å². The van der Waals surface area contributed by atoms with E-state index in [2.05, 4.69) is 5.48 Å². The molecule has 0 fully saturated rings. The molecule has 5 heteroatoms. The average Bonchev–Trinajstić information content (AvgIpc) is 1.84. The van der Waals surface area contributed by atoms with Gasteiger partial charge in [-0.05, 0) is 20.8 Å². The molecular formula is C7H16N2O3. The van der Waals surface area contributed by atoms with Crippen molar-refractivity contribution in [2.75, 3.05) is 6.54 Å². The number of hydrogen-bond acceptors (Lipinski definition) is 4. The summed E-state index contributed by atoms with van der Waals surface area (Å²) >= 11 is 0. The number of hydrogen-bond donors (Lipinski definition) is 3. The van der Waals surface area contributed by atoms with Gasteiger partial charge in [-0.3, -0.25) is 9.63 Å². The van der Waals surface area contributed by atoms with Gasteiger partial charge in [0, 0.05) is 6.54 Å². The zero-order valence-corrected chi connectivity index (χ0v) is 7.63. The van der Waals surface area contributed by atoms with E-state index in [1.165, 1.54) is 0 Å². The lowest BCUT2D eigenvalue weighted by Gasteiger charge is -2.20. The molecule has 0 saturated heterocycles. The van der Waals surface area contributed by atoms with Crippen LogP contribution in [-0.2, 0) is 9.63 Å². The summed E-state index contributed by atoms with van der Waals surface area (Å²) in [4.78, 5) is 15.3. The molecule has 0 spiro atoms. The zero-order valence-electron chi connectivity index (χ0n) is 7.63. The maximum absolute atomic E-state index is 10.2. The molecule has 0 aromatic heterocycles. The molecule has 0 amide bonds. The molecule has 0 radical (unpaired) electrons. The minimum Gasteiger partial charge on any atom is -0.480 e. The fourth-order valence-corrected chi connectivity index (χ4v) is 0.435. The highest BCUT2D eigenvalue weighted by Gasteiger charge is 2.14. The number of hydroxylamine groups is 1.